The molecule has 0 N–H and O–H groups in total. The standard InChI is InChI=1S/C21H23N5O3S2/c1-12-13(2)22-21-26(20(12)28)15(11-30-21)10-17(27)25-7-5-14(6-8-25)18-23-24-19(31-18)16-4-3-9-29-16/h3-4,9,14-15H,5-8,10-11H2,1-2H3/t15-/m0/s1. The SMILES string of the molecule is Cc1nc2n(c(=O)c1C)[C@@H](CC(=O)N1CCC(c3nnc(-c4ccco4)s3)CC1)CS2. The number of thioether (sulfide) groups is 1. The summed E-state index contributed by atoms with van der Waals surface area (Å²) in [6.07, 6.45) is 3.72. The van der Waals surface area contributed by atoms with E-state index in [0.29, 0.717) is 36.7 Å². The quantitative estimate of drug-likeness (QED) is 0.554. The fourth-order valence-corrected chi connectivity index (χ4v) is 6.29. The summed E-state index contributed by atoms with van der Waals surface area (Å²) in [5.74, 6) is 1.87. The molecule has 0 radical (unpaired) electrons. The van der Waals surface area contributed by atoms with Crippen molar-refractivity contribution in [2.75, 3.05) is 18.8 Å². The number of furan rings is 1. The molecule has 0 spiro atoms. The van der Waals surface area contributed by atoms with Crippen LogP contribution in [0.25, 0.3) is 10.8 Å². The lowest BCUT2D eigenvalue weighted by Crippen LogP contribution is -2.39. The molecule has 0 unspecified atom stereocenters. The highest BCUT2D eigenvalue weighted by molar-refractivity contribution is 7.99. The summed E-state index contributed by atoms with van der Waals surface area (Å²) in [4.78, 5) is 32.1. The summed E-state index contributed by atoms with van der Waals surface area (Å²) in [6.45, 7) is 5.06. The average molecular weight is 458 g/mol. The molecule has 5 heterocycles. The van der Waals surface area contributed by atoms with Gasteiger partial charge in [0.05, 0.1) is 12.3 Å². The lowest BCUT2D eigenvalue weighted by molar-refractivity contribution is -0.133. The van der Waals surface area contributed by atoms with Gasteiger partial charge in [-0.25, -0.2) is 4.98 Å². The van der Waals surface area contributed by atoms with Gasteiger partial charge in [0, 0.05) is 42.4 Å². The molecule has 10 heteroatoms. The Bertz CT molecular complexity index is 1160. The van der Waals surface area contributed by atoms with Gasteiger partial charge in [-0.05, 0) is 38.8 Å². The van der Waals surface area contributed by atoms with Crippen LogP contribution in [0.15, 0.2) is 32.8 Å². The molecule has 3 aromatic rings. The molecule has 3 aromatic heterocycles. The van der Waals surface area contributed by atoms with E-state index in [4.69, 9.17) is 4.42 Å². The Morgan fingerprint density at radius 1 is 1.26 bits per heavy atom. The van der Waals surface area contributed by atoms with Crippen LogP contribution in [-0.4, -0.2) is 49.4 Å². The minimum atomic E-state index is -0.122. The Kier molecular flexibility index (Phi) is 5.43. The number of carbonyl (C=O) groups excluding carboxylic acids is 1. The van der Waals surface area contributed by atoms with Gasteiger partial charge in [0.2, 0.25) is 5.91 Å². The Labute approximate surface area is 187 Å². The Morgan fingerprint density at radius 2 is 2.06 bits per heavy atom. The van der Waals surface area contributed by atoms with Gasteiger partial charge in [0.25, 0.3) is 5.56 Å². The van der Waals surface area contributed by atoms with Crippen LogP contribution >= 0.6 is 23.1 Å². The zero-order chi connectivity index (χ0) is 21.5. The van der Waals surface area contributed by atoms with Gasteiger partial charge in [-0.3, -0.25) is 14.2 Å². The van der Waals surface area contributed by atoms with Crippen LogP contribution in [0.4, 0.5) is 0 Å². The summed E-state index contributed by atoms with van der Waals surface area (Å²) in [5, 5.41) is 11.1. The average Bonchev–Trinajstić information content (AvgIpc) is 3.53. The molecule has 2 aliphatic rings. The van der Waals surface area contributed by atoms with E-state index in [1.165, 1.54) is 0 Å². The van der Waals surface area contributed by atoms with E-state index in [1.807, 2.05) is 24.0 Å². The number of carbonyl (C=O) groups is 1. The molecule has 0 saturated carbocycles. The molecule has 31 heavy (non-hydrogen) atoms. The second-order valence-corrected chi connectivity index (χ2v) is 10.0. The Hall–Kier alpha value is -2.46. The molecule has 0 aromatic carbocycles. The van der Waals surface area contributed by atoms with Gasteiger partial charge < -0.3 is 9.32 Å². The summed E-state index contributed by atoms with van der Waals surface area (Å²) >= 11 is 3.12. The zero-order valence-corrected chi connectivity index (χ0v) is 19.0. The van der Waals surface area contributed by atoms with E-state index in [9.17, 15) is 9.59 Å². The van der Waals surface area contributed by atoms with Crippen molar-refractivity contribution in [2.24, 2.45) is 0 Å². The molecule has 1 saturated heterocycles. The van der Waals surface area contributed by atoms with E-state index >= 15 is 0 Å². The third kappa shape index (κ3) is 3.82. The number of piperidine rings is 1. The smallest absolute Gasteiger partial charge is 0.257 e. The first kappa shape index (κ1) is 20.4. The highest BCUT2D eigenvalue weighted by atomic mass is 32.2. The number of amides is 1. The summed E-state index contributed by atoms with van der Waals surface area (Å²) in [5.41, 5.74) is 1.41. The van der Waals surface area contributed by atoms with E-state index in [2.05, 4.69) is 15.2 Å². The number of aromatic nitrogens is 4. The van der Waals surface area contributed by atoms with Gasteiger partial charge in [-0.2, -0.15) is 0 Å². The van der Waals surface area contributed by atoms with E-state index in [1.54, 1.807) is 40.9 Å². The van der Waals surface area contributed by atoms with Crippen molar-refractivity contribution in [3.8, 4) is 10.8 Å². The second kappa shape index (κ2) is 8.23. The monoisotopic (exact) mass is 457 g/mol. The molecule has 8 nitrogen and oxygen atoms in total. The maximum absolute atomic E-state index is 13.0. The number of fused-ring (bicyclic) bond motifs is 1. The van der Waals surface area contributed by atoms with E-state index in [0.717, 1.165) is 39.5 Å². The maximum atomic E-state index is 13.0. The van der Waals surface area contributed by atoms with Crippen molar-refractivity contribution in [1.82, 2.24) is 24.6 Å². The largest absolute Gasteiger partial charge is 0.462 e. The lowest BCUT2D eigenvalue weighted by Gasteiger charge is -2.31. The molecule has 5 rings (SSSR count). The van der Waals surface area contributed by atoms with Crippen molar-refractivity contribution in [3.63, 3.8) is 0 Å². The summed E-state index contributed by atoms with van der Waals surface area (Å²) < 4.78 is 7.12. The molecular weight excluding hydrogens is 434 g/mol. The van der Waals surface area contributed by atoms with Crippen molar-refractivity contribution in [3.05, 3.63) is 45.0 Å². The van der Waals surface area contributed by atoms with Crippen LogP contribution in [0.5, 0.6) is 0 Å². The highest BCUT2D eigenvalue weighted by Crippen LogP contribution is 2.35. The summed E-state index contributed by atoms with van der Waals surface area (Å²) in [7, 11) is 0. The van der Waals surface area contributed by atoms with Gasteiger partial charge in [0.1, 0.15) is 5.01 Å². The Morgan fingerprint density at radius 3 is 2.81 bits per heavy atom. The molecule has 1 amide bonds. The number of aryl methyl sites for hydroxylation is 1. The van der Waals surface area contributed by atoms with Crippen LogP contribution in [0.1, 0.15) is 47.5 Å². The molecular formula is C21H23N5O3S2. The highest BCUT2D eigenvalue weighted by Gasteiger charge is 2.32. The van der Waals surface area contributed by atoms with Crippen LogP contribution in [0, 0.1) is 13.8 Å². The molecule has 0 aliphatic carbocycles. The minimum absolute atomic E-state index is 0.0207. The zero-order valence-electron chi connectivity index (χ0n) is 17.4. The number of hydrogen-bond acceptors (Lipinski definition) is 8. The van der Waals surface area contributed by atoms with Crippen molar-refractivity contribution >= 4 is 29.0 Å². The van der Waals surface area contributed by atoms with E-state index < -0.39 is 0 Å². The summed E-state index contributed by atoms with van der Waals surface area (Å²) in [6, 6.07) is 3.60. The number of rotatable bonds is 4. The van der Waals surface area contributed by atoms with Crippen molar-refractivity contribution in [2.45, 2.75) is 50.2 Å². The second-order valence-electron chi connectivity index (χ2n) is 8.03. The van der Waals surface area contributed by atoms with Crippen LogP contribution in [0.3, 0.4) is 0 Å². The van der Waals surface area contributed by atoms with Gasteiger partial charge in [0.15, 0.2) is 15.9 Å². The Balaban J connectivity index is 1.21. The first-order valence-electron chi connectivity index (χ1n) is 10.4. The fourth-order valence-electron chi connectivity index (χ4n) is 4.13. The minimum Gasteiger partial charge on any atom is -0.462 e. The first-order chi connectivity index (χ1) is 15.0. The van der Waals surface area contributed by atoms with Crippen LogP contribution in [-0.2, 0) is 4.79 Å². The predicted octanol–water partition coefficient (Wildman–Crippen LogP) is 3.41. The molecule has 2 aliphatic heterocycles. The number of nitrogens with zero attached hydrogens (tertiary/aromatic N) is 5. The number of likely N-dealkylation sites (tertiary alicyclic amines) is 1. The molecule has 162 valence electrons. The third-order valence-electron chi connectivity index (χ3n) is 6.10. The van der Waals surface area contributed by atoms with Gasteiger partial charge in [-0.15, -0.1) is 10.2 Å². The van der Waals surface area contributed by atoms with Crippen LogP contribution < -0.4 is 5.56 Å². The van der Waals surface area contributed by atoms with Crippen molar-refractivity contribution in [1.29, 1.82) is 0 Å². The third-order valence-corrected chi connectivity index (χ3v) is 8.30. The molecule has 1 atom stereocenters. The van der Waals surface area contributed by atoms with Gasteiger partial charge >= 0.3 is 0 Å². The lowest BCUT2D eigenvalue weighted by atomic mass is 9.97. The maximum Gasteiger partial charge on any atom is 0.257 e. The van der Waals surface area contributed by atoms with Crippen LogP contribution in [0.2, 0.25) is 0 Å². The van der Waals surface area contributed by atoms with Gasteiger partial charge in [-0.1, -0.05) is 23.1 Å². The van der Waals surface area contributed by atoms with E-state index in [-0.39, 0.29) is 17.5 Å². The number of hydrogen-bond donors (Lipinski definition) is 0. The first-order valence-corrected chi connectivity index (χ1v) is 12.2. The van der Waals surface area contributed by atoms with Crippen molar-refractivity contribution < 1.29 is 9.21 Å². The predicted molar refractivity (Wildman–Crippen MR) is 119 cm³/mol. The topological polar surface area (TPSA) is 94.1 Å². The normalized spacial score (nSPS) is 19.0. The molecule has 1 fully saturated rings. The fraction of sp³-hybridized carbons (Fsp3) is 0.476. The molecule has 0 bridgehead atoms.